The molecule has 1 aliphatic heterocycles. The first kappa shape index (κ1) is 22.7. The highest BCUT2D eigenvalue weighted by atomic mass is 35.5. The Morgan fingerprint density at radius 1 is 0.719 bits per heavy atom. The quantitative estimate of drug-likeness (QED) is 0.355. The number of rotatable bonds is 4. The molecule has 1 saturated heterocycles. The number of fused-ring (bicyclic) bond motifs is 2. The standard InChI is InChI=1S/C28H27NOS.ClH/c30-31(25-10-2-1-3-11-25)21-20-29-18-16-24(17-19-29)28-26-12-6-4-8-22(26)14-15-23-9-5-7-13-27(23)28;/h1-15H,16-21H2;1H. The molecule has 0 amide bonds. The van der Waals surface area contributed by atoms with E-state index in [9.17, 15) is 4.21 Å². The van der Waals surface area contributed by atoms with E-state index in [0.29, 0.717) is 5.75 Å². The third-order valence-corrected chi connectivity index (χ3v) is 7.67. The fourth-order valence-electron chi connectivity index (χ4n) is 4.64. The van der Waals surface area contributed by atoms with Gasteiger partial charge in [-0.15, -0.1) is 12.4 Å². The summed E-state index contributed by atoms with van der Waals surface area (Å²) in [6, 6.07) is 27.3. The van der Waals surface area contributed by atoms with Crippen LogP contribution < -0.4 is 0 Å². The molecule has 2 aliphatic rings. The number of benzene rings is 3. The lowest BCUT2D eigenvalue weighted by atomic mass is 9.86. The van der Waals surface area contributed by atoms with Crippen molar-refractivity contribution in [3.8, 4) is 0 Å². The van der Waals surface area contributed by atoms with Crippen LogP contribution in [0.4, 0.5) is 0 Å². The van der Waals surface area contributed by atoms with E-state index in [1.165, 1.54) is 27.8 Å². The van der Waals surface area contributed by atoms with Crippen LogP contribution in [0.15, 0.2) is 89.3 Å². The Balaban J connectivity index is 0.00000245. The zero-order valence-electron chi connectivity index (χ0n) is 18.1. The fraction of sp³-hybridized carbons (Fsp3) is 0.214. The molecule has 1 aliphatic carbocycles. The summed E-state index contributed by atoms with van der Waals surface area (Å²) < 4.78 is 12.6. The van der Waals surface area contributed by atoms with Gasteiger partial charge in [-0.25, -0.2) is 0 Å². The zero-order valence-corrected chi connectivity index (χ0v) is 19.7. The molecule has 0 saturated carbocycles. The first-order chi connectivity index (χ1) is 15.3. The number of piperidine rings is 1. The van der Waals surface area contributed by atoms with Crippen LogP contribution in [0.3, 0.4) is 0 Å². The van der Waals surface area contributed by atoms with Crippen molar-refractivity contribution in [2.75, 3.05) is 25.4 Å². The minimum atomic E-state index is -0.922. The predicted molar refractivity (Wildman–Crippen MR) is 138 cm³/mol. The molecule has 1 unspecified atom stereocenters. The molecule has 0 N–H and O–H groups in total. The van der Waals surface area contributed by atoms with Gasteiger partial charge < -0.3 is 4.90 Å². The maximum atomic E-state index is 12.6. The lowest BCUT2D eigenvalue weighted by Crippen LogP contribution is -2.34. The molecule has 4 heteroatoms. The van der Waals surface area contributed by atoms with Gasteiger partial charge in [0.05, 0.1) is 10.8 Å². The smallest absolute Gasteiger partial charge is 0.0542 e. The Hall–Kier alpha value is -2.46. The number of likely N-dealkylation sites (tertiary alicyclic amines) is 1. The Morgan fingerprint density at radius 2 is 1.25 bits per heavy atom. The third kappa shape index (κ3) is 4.80. The Bertz CT molecular complexity index is 1110. The molecule has 0 radical (unpaired) electrons. The molecular weight excluding hydrogens is 434 g/mol. The average Bonchev–Trinajstić information content (AvgIpc) is 3.00. The molecule has 1 atom stereocenters. The first-order valence-electron chi connectivity index (χ1n) is 11.0. The lowest BCUT2D eigenvalue weighted by Gasteiger charge is -2.30. The molecule has 2 nitrogen and oxygen atoms in total. The first-order valence-corrected chi connectivity index (χ1v) is 12.4. The van der Waals surface area contributed by atoms with Crippen molar-refractivity contribution >= 4 is 40.9 Å². The van der Waals surface area contributed by atoms with Gasteiger partial charge in [-0.1, -0.05) is 84.5 Å². The monoisotopic (exact) mass is 461 g/mol. The number of halogens is 1. The van der Waals surface area contributed by atoms with E-state index < -0.39 is 10.8 Å². The average molecular weight is 462 g/mol. The van der Waals surface area contributed by atoms with Crippen LogP contribution in [0.1, 0.15) is 35.1 Å². The summed E-state index contributed by atoms with van der Waals surface area (Å²) in [5.41, 5.74) is 8.24. The normalized spacial score (nSPS) is 16.5. The predicted octanol–water partition coefficient (Wildman–Crippen LogP) is 6.30. The SMILES string of the molecule is Cl.O=S(CCN1CCC(=C2c3ccccc3C=Cc3ccccc32)CC1)c1ccccc1. The summed E-state index contributed by atoms with van der Waals surface area (Å²) in [4.78, 5) is 3.40. The summed E-state index contributed by atoms with van der Waals surface area (Å²) >= 11 is 0. The highest BCUT2D eigenvalue weighted by Crippen LogP contribution is 2.38. The van der Waals surface area contributed by atoms with Crippen molar-refractivity contribution in [1.82, 2.24) is 4.90 Å². The van der Waals surface area contributed by atoms with Gasteiger partial charge in [0.25, 0.3) is 0 Å². The highest BCUT2D eigenvalue weighted by molar-refractivity contribution is 7.85. The number of hydrogen-bond donors (Lipinski definition) is 0. The number of hydrogen-bond acceptors (Lipinski definition) is 2. The minimum absolute atomic E-state index is 0. The summed E-state index contributed by atoms with van der Waals surface area (Å²) in [7, 11) is -0.922. The van der Waals surface area contributed by atoms with E-state index in [2.05, 4.69) is 65.6 Å². The highest BCUT2D eigenvalue weighted by Gasteiger charge is 2.22. The van der Waals surface area contributed by atoms with Crippen LogP contribution in [-0.4, -0.2) is 34.5 Å². The van der Waals surface area contributed by atoms with Crippen LogP contribution in [0.5, 0.6) is 0 Å². The van der Waals surface area contributed by atoms with Crippen molar-refractivity contribution < 1.29 is 4.21 Å². The van der Waals surface area contributed by atoms with Crippen LogP contribution in [0, 0.1) is 0 Å². The van der Waals surface area contributed by atoms with Gasteiger partial charge in [0, 0.05) is 30.3 Å². The van der Waals surface area contributed by atoms with E-state index in [1.807, 2.05) is 30.3 Å². The summed E-state index contributed by atoms with van der Waals surface area (Å²) in [5, 5.41) is 0. The van der Waals surface area contributed by atoms with Gasteiger partial charge in [0.2, 0.25) is 0 Å². The maximum absolute atomic E-state index is 12.6. The molecule has 164 valence electrons. The zero-order chi connectivity index (χ0) is 21.0. The molecule has 32 heavy (non-hydrogen) atoms. The second-order valence-electron chi connectivity index (χ2n) is 8.19. The molecule has 3 aromatic rings. The third-order valence-electron chi connectivity index (χ3n) is 6.31. The van der Waals surface area contributed by atoms with E-state index in [0.717, 1.165) is 37.4 Å². The van der Waals surface area contributed by atoms with E-state index in [1.54, 1.807) is 5.57 Å². The summed E-state index contributed by atoms with van der Waals surface area (Å²) in [5.74, 6) is 0.700. The van der Waals surface area contributed by atoms with Gasteiger partial charge in [0.1, 0.15) is 0 Å². The minimum Gasteiger partial charge on any atom is -0.302 e. The Kier molecular flexibility index (Phi) is 7.41. The van der Waals surface area contributed by atoms with Crippen molar-refractivity contribution in [3.63, 3.8) is 0 Å². The topological polar surface area (TPSA) is 20.3 Å². The molecule has 1 heterocycles. The van der Waals surface area contributed by atoms with Gasteiger partial charge in [-0.2, -0.15) is 0 Å². The summed E-state index contributed by atoms with van der Waals surface area (Å²) in [6.07, 6.45) is 6.62. The molecule has 5 rings (SSSR count). The van der Waals surface area contributed by atoms with Crippen LogP contribution >= 0.6 is 12.4 Å². The van der Waals surface area contributed by atoms with E-state index >= 15 is 0 Å². The Morgan fingerprint density at radius 3 is 1.84 bits per heavy atom. The van der Waals surface area contributed by atoms with E-state index in [-0.39, 0.29) is 12.4 Å². The second-order valence-corrected chi connectivity index (χ2v) is 9.76. The Labute approximate surface area is 199 Å². The maximum Gasteiger partial charge on any atom is 0.0542 e. The van der Waals surface area contributed by atoms with Crippen LogP contribution in [0.25, 0.3) is 17.7 Å². The van der Waals surface area contributed by atoms with Crippen molar-refractivity contribution in [3.05, 3.63) is 107 Å². The van der Waals surface area contributed by atoms with Gasteiger partial charge in [-0.05, 0) is 52.8 Å². The summed E-state index contributed by atoms with van der Waals surface area (Å²) in [6.45, 7) is 2.95. The molecule has 0 aromatic heterocycles. The van der Waals surface area contributed by atoms with Crippen molar-refractivity contribution in [1.29, 1.82) is 0 Å². The fourth-order valence-corrected chi connectivity index (χ4v) is 5.76. The van der Waals surface area contributed by atoms with Gasteiger partial charge in [-0.3, -0.25) is 4.21 Å². The van der Waals surface area contributed by atoms with Crippen LogP contribution in [-0.2, 0) is 10.8 Å². The van der Waals surface area contributed by atoms with Crippen molar-refractivity contribution in [2.45, 2.75) is 17.7 Å². The largest absolute Gasteiger partial charge is 0.302 e. The molecular formula is C28H28ClNOS. The lowest BCUT2D eigenvalue weighted by molar-refractivity contribution is 0.272. The molecule has 0 spiro atoms. The van der Waals surface area contributed by atoms with Gasteiger partial charge >= 0.3 is 0 Å². The van der Waals surface area contributed by atoms with Crippen LogP contribution in [0.2, 0.25) is 0 Å². The van der Waals surface area contributed by atoms with Gasteiger partial charge in [0.15, 0.2) is 0 Å². The van der Waals surface area contributed by atoms with E-state index in [4.69, 9.17) is 0 Å². The van der Waals surface area contributed by atoms with Crippen molar-refractivity contribution in [2.24, 2.45) is 0 Å². The molecule has 1 fully saturated rings. The molecule has 0 bridgehead atoms. The molecule has 3 aromatic carbocycles. The second kappa shape index (κ2) is 10.4. The number of nitrogens with zero attached hydrogens (tertiary/aromatic N) is 1.